The smallest absolute Gasteiger partial charge is 0.421 e. The Kier molecular flexibility index (Phi) is 8.13. The number of amides is 1. The highest BCUT2D eigenvalue weighted by molar-refractivity contribution is 5.76. The van der Waals surface area contributed by atoms with Crippen molar-refractivity contribution in [1.82, 2.24) is 10.4 Å². The number of nitrogens with one attached hydrogen (secondary N) is 1. The van der Waals surface area contributed by atoms with Crippen LogP contribution in [0.4, 0.5) is 4.79 Å². The van der Waals surface area contributed by atoms with E-state index < -0.39 is 18.1 Å². The van der Waals surface area contributed by atoms with Crippen LogP contribution in [0.15, 0.2) is 4.99 Å². The fraction of sp³-hybridized carbons (Fsp3) is 0.769. The van der Waals surface area contributed by atoms with Crippen molar-refractivity contribution in [2.75, 3.05) is 26.7 Å². The Bertz CT molecular complexity index is 427. The van der Waals surface area contributed by atoms with E-state index in [1.807, 2.05) is 0 Å². The zero-order valence-electron chi connectivity index (χ0n) is 13.4. The van der Waals surface area contributed by atoms with Gasteiger partial charge in [0.15, 0.2) is 5.96 Å². The molecule has 0 aromatic rings. The Morgan fingerprint density at radius 1 is 1.43 bits per heavy atom. The third kappa shape index (κ3) is 7.66. The Hall–Kier alpha value is -2.07. The summed E-state index contributed by atoms with van der Waals surface area (Å²) in [5.74, 6) is -0.443. The van der Waals surface area contributed by atoms with Crippen LogP contribution in [0.1, 0.15) is 25.7 Å². The van der Waals surface area contributed by atoms with Crippen LogP contribution in [0.3, 0.4) is 0 Å². The SMILES string of the molecule is COC(=O)NN1CCCC(OC(=O)C(N)CCCN=C(N)N)C1. The number of hydrogen-bond acceptors (Lipinski definition) is 7. The Balaban J connectivity index is 2.32. The molecule has 0 aromatic heterocycles. The lowest BCUT2D eigenvalue weighted by molar-refractivity contribution is -0.153. The molecule has 0 spiro atoms. The van der Waals surface area contributed by atoms with Crippen molar-refractivity contribution in [2.24, 2.45) is 22.2 Å². The molecule has 0 radical (unpaired) electrons. The molecule has 0 aliphatic carbocycles. The molecule has 0 bridgehead atoms. The second kappa shape index (κ2) is 9.85. The summed E-state index contributed by atoms with van der Waals surface area (Å²) >= 11 is 0. The first kappa shape index (κ1) is 19.0. The number of hydrazine groups is 1. The van der Waals surface area contributed by atoms with Crippen LogP contribution < -0.4 is 22.6 Å². The average molecular weight is 330 g/mol. The highest BCUT2D eigenvalue weighted by atomic mass is 16.6. The highest BCUT2D eigenvalue weighted by Gasteiger charge is 2.26. The molecule has 132 valence electrons. The van der Waals surface area contributed by atoms with Crippen LogP contribution >= 0.6 is 0 Å². The van der Waals surface area contributed by atoms with Gasteiger partial charge in [-0.25, -0.2) is 9.80 Å². The predicted octanol–water partition coefficient (Wildman–Crippen LogP) is -1.35. The normalized spacial score (nSPS) is 19.5. The van der Waals surface area contributed by atoms with Crippen molar-refractivity contribution < 1.29 is 19.1 Å². The summed E-state index contributed by atoms with van der Waals surface area (Å²) in [6.07, 6.45) is 1.69. The third-order valence-corrected chi connectivity index (χ3v) is 3.37. The number of rotatable bonds is 7. The number of guanidine groups is 1. The summed E-state index contributed by atoms with van der Waals surface area (Å²) in [6.45, 7) is 1.50. The monoisotopic (exact) mass is 330 g/mol. The molecule has 23 heavy (non-hydrogen) atoms. The minimum Gasteiger partial charge on any atom is -0.460 e. The maximum absolute atomic E-state index is 12.0. The van der Waals surface area contributed by atoms with E-state index in [2.05, 4.69) is 15.2 Å². The number of piperidine rings is 1. The summed E-state index contributed by atoms with van der Waals surface area (Å²) in [5, 5.41) is 1.66. The van der Waals surface area contributed by atoms with Gasteiger partial charge < -0.3 is 26.7 Å². The quantitative estimate of drug-likeness (QED) is 0.193. The molecule has 2 unspecified atom stereocenters. The topological polar surface area (TPSA) is 158 Å². The van der Waals surface area contributed by atoms with Gasteiger partial charge in [0.1, 0.15) is 12.1 Å². The fourth-order valence-electron chi connectivity index (χ4n) is 2.20. The minimum atomic E-state index is -0.715. The highest BCUT2D eigenvalue weighted by Crippen LogP contribution is 2.13. The first-order valence-electron chi connectivity index (χ1n) is 7.53. The zero-order valence-corrected chi connectivity index (χ0v) is 13.4. The van der Waals surface area contributed by atoms with Gasteiger partial charge >= 0.3 is 12.1 Å². The third-order valence-electron chi connectivity index (χ3n) is 3.37. The molecule has 0 aromatic carbocycles. The average Bonchev–Trinajstić information content (AvgIpc) is 2.51. The van der Waals surface area contributed by atoms with Crippen molar-refractivity contribution in [2.45, 2.75) is 37.8 Å². The van der Waals surface area contributed by atoms with E-state index in [1.165, 1.54) is 7.11 Å². The lowest BCUT2D eigenvalue weighted by atomic mass is 10.1. The van der Waals surface area contributed by atoms with E-state index in [1.54, 1.807) is 5.01 Å². The van der Waals surface area contributed by atoms with E-state index in [9.17, 15) is 9.59 Å². The Morgan fingerprint density at radius 2 is 2.17 bits per heavy atom. The maximum atomic E-state index is 12.0. The summed E-state index contributed by atoms with van der Waals surface area (Å²) < 4.78 is 9.93. The number of esters is 1. The minimum absolute atomic E-state index is 0.0153. The van der Waals surface area contributed by atoms with Gasteiger partial charge in [-0.2, -0.15) is 0 Å². The standard InChI is InChI=1S/C13H26N6O4/c1-22-13(21)18-19-7-3-4-9(8-19)23-11(20)10(14)5-2-6-17-12(15)16/h9-10H,2-8,14H2,1H3,(H,18,21)(H4,15,16,17). The van der Waals surface area contributed by atoms with Gasteiger partial charge in [0.25, 0.3) is 0 Å². The molecule has 1 rings (SSSR count). The molecule has 0 saturated carbocycles. The van der Waals surface area contributed by atoms with Crippen LogP contribution in [0, 0.1) is 0 Å². The number of ether oxygens (including phenoxy) is 2. The predicted molar refractivity (Wildman–Crippen MR) is 84.1 cm³/mol. The molecule has 1 fully saturated rings. The first-order valence-corrected chi connectivity index (χ1v) is 7.53. The molecular weight excluding hydrogens is 304 g/mol. The second-order valence-corrected chi connectivity index (χ2v) is 5.31. The number of methoxy groups -OCH3 is 1. The van der Waals surface area contributed by atoms with E-state index >= 15 is 0 Å². The lowest BCUT2D eigenvalue weighted by Gasteiger charge is -2.32. The molecule has 1 amide bonds. The van der Waals surface area contributed by atoms with Crippen molar-refractivity contribution in [3.8, 4) is 0 Å². The molecule has 1 aliphatic heterocycles. The van der Waals surface area contributed by atoms with Gasteiger partial charge in [-0.1, -0.05) is 0 Å². The fourth-order valence-corrected chi connectivity index (χ4v) is 2.20. The van der Waals surface area contributed by atoms with Crippen molar-refractivity contribution >= 4 is 18.0 Å². The van der Waals surface area contributed by atoms with Crippen LogP contribution in [0.25, 0.3) is 0 Å². The summed E-state index contributed by atoms with van der Waals surface area (Å²) in [4.78, 5) is 27.0. The van der Waals surface area contributed by atoms with Crippen LogP contribution in [0.2, 0.25) is 0 Å². The Morgan fingerprint density at radius 3 is 2.83 bits per heavy atom. The van der Waals surface area contributed by atoms with Crippen LogP contribution in [0.5, 0.6) is 0 Å². The summed E-state index contributed by atoms with van der Waals surface area (Å²) in [7, 11) is 1.29. The molecule has 1 aliphatic rings. The van der Waals surface area contributed by atoms with Gasteiger partial charge in [0.05, 0.1) is 13.7 Å². The van der Waals surface area contributed by atoms with Crippen molar-refractivity contribution in [3.63, 3.8) is 0 Å². The molecule has 10 heteroatoms. The zero-order chi connectivity index (χ0) is 17.2. The van der Waals surface area contributed by atoms with E-state index in [-0.39, 0.29) is 12.1 Å². The number of nitrogens with two attached hydrogens (primary N) is 3. The molecule has 7 N–H and O–H groups in total. The molecule has 10 nitrogen and oxygen atoms in total. The maximum Gasteiger partial charge on any atom is 0.421 e. The number of carbonyl (C=O) groups is 2. The molecule has 2 atom stereocenters. The van der Waals surface area contributed by atoms with E-state index in [0.717, 1.165) is 12.8 Å². The second-order valence-electron chi connectivity index (χ2n) is 5.31. The van der Waals surface area contributed by atoms with Gasteiger partial charge in [-0.3, -0.25) is 15.2 Å². The lowest BCUT2D eigenvalue weighted by Crippen LogP contribution is -2.51. The van der Waals surface area contributed by atoms with Crippen molar-refractivity contribution in [1.29, 1.82) is 0 Å². The van der Waals surface area contributed by atoms with Gasteiger partial charge in [-0.15, -0.1) is 0 Å². The number of nitrogens with zero attached hydrogens (tertiary/aromatic N) is 2. The van der Waals surface area contributed by atoms with E-state index in [4.69, 9.17) is 21.9 Å². The number of hydrogen-bond donors (Lipinski definition) is 4. The summed E-state index contributed by atoms with van der Waals surface area (Å²) in [5.41, 5.74) is 18.8. The van der Waals surface area contributed by atoms with E-state index in [0.29, 0.717) is 32.5 Å². The number of carbonyl (C=O) groups excluding carboxylic acids is 2. The molecular formula is C13H26N6O4. The van der Waals surface area contributed by atoms with Crippen LogP contribution in [-0.2, 0) is 14.3 Å². The molecule has 1 saturated heterocycles. The number of aliphatic imine (C=N–C) groups is 1. The van der Waals surface area contributed by atoms with Crippen LogP contribution in [-0.4, -0.2) is 61.9 Å². The van der Waals surface area contributed by atoms with Gasteiger partial charge in [-0.05, 0) is 25.7 Å². The van der Waals surface area contributed by atoms with Crippen molar-refractivity contribution in [3.05, 3.63) is 0 Å². The summed E-state index contributed by atoms with van der Waals surface area (Å²) in [6, 6.07) is -0.715. The largest absolute Gasteiger partial charge is 0.460 e. The Labute approximate surface area is 135 Å². The van der Waals surface area contributed by atoms with Gasteiger partial charge in [0, 0.05) is 13.1 Å². The van der Waals surface area contributed by atoms with Gasteiger partial charge in [0.2, 0.25) is 0 Å². The molecule has 1 heterocycles. The first-order chi connectivity index (χ1) is 10.9.